The maximum Gasteiger partial charge on any atom is 0.349 e. The van der Waals surface area contributed by atoms with Crippen molar-refractivity contribution >= 4 is 33.2 Å². The number of aryl methyl sites for hydroxylation is 1. The van der Waals surface area contributed by atoms with Crippen LogP contribution < -0.4 is 0 Å². The van der Waals surface area contributed by atoms with E-state index >= 15 is 0 Å². The summed E-state index contributed by atoms with van der Waals surface area (Å²) in [7, 11) is 1.40. The molecule has 1 aliphatic rings. The molecule has 0 N–H and O–H groups in total. The number of aromatic nitrogens is 1. The van der Waals surface area contributed by atoms with Gasteiger partial charge in [-0.05, 0) is 25.7 Å². The van der Waals surface area contributed by atoms with E-state index < -0.39 is 0 Å². The van der Waals surface area contributed by atoms with Gasteiger partial charge in [-0.1, -0.05) is 15.9 Å². The number of alkyl halides is 1. The minimum Gasteiger partial charge on any atom is -0.465 e. The van der Waals surface area contributed by atoms with Crippen LogP contribution in [-0.2, 0) is 4.74 Å². The van der Waals surface area contributed by atoms with Crippen molar-refractivity contribution < 1.29 is 9.53 Å². The molecule has 0 radical (unpaired) electrons. The highest BCUT2D eigenvalue weighted by Crippen LogP contribution is 2.47. The fourth-order valence-corrected chi connectivity index (χ4v) is 3.38. The summed E-state index contributed by atoms with van der Waals surface area (Å²) in [6.45, 7) is 1.85. The van der Waals surface area contributed by atoms with Gasteiger partial charge < -0.3 is 4.74 Å². The van der Waals surface area contributed by atoms with Crippen LogP contribution in [0, 0.1) is 12.8 Å². The molecule has 2 rings (SSSR count). The molecule has 3 nitrogen and oxygen atoms in total. The molecule has 1 atom stereocenters. The first kappa shape index (κ1) is 11.1. The van der Waals surface area contributed by atoms with Crippen molar-refractivity contribution in [3.63, 3.8) is 0 Å². The van der Waals surface area contributed by atoms with Crippen LogP contribution in [0.25, 0.3) is 0 Å². The third-order valence-corrected chi connectivity index (χ3v) is 5.16. The molecule has 0 spiro atoms. The molecule has 1 heterocycles. The molecule has 0 aliphatic heterocycles. The zero-order valence-electron chi connectivity index (χ0n) is 8.62. The van der Waals surface area contributed by atoms with Gasteiger partial charge in [0, 0.05) is 0 Å². The Bertz CT molecular complexity index is 387. The molecule has 5 heteroatoms. The second kappa shape index (κ2) is 4.22. The van der Waals surface area contributed by atoms with Crippen LogP contribution in [0.2, 0.25) is 0 Å². The summed E-state index contributed by atoms with van der Waals surface area (Å²) >= 11 is 5.06. The molecule has 0 bridgehead atoms. The van der Waals surface area contributed by atoms with Gasteiger partial charge >= 0.3 is 5.97 Å². The number of hydrogen-bond acceptors (Lipinski definition) is 4. The Balaban J connectivity index is 2.23. The molecule has 1 unspecified atom stereocenters. The van der Waals surface area contributed by atoms with Crippen LogP contribution in [0.3, 0.4) is 0 Å². The number of thiazole rings is 1. The van der Waals surface area contributed by atoms with E-state index in [9.17, 15) is 4.79 Å². The number of hydrogen-bond donors (Lipinski definition) is 0. The Labute approximate surface area is 101 Å². The SMILES string of the molecule is COC(=O)c1sc(C(Br)C2CC2)nc1C. The summed E-state index contributed by atoms with van der Waals surface area (Å²) in [5, 5.41) is 0.996. The monoisotopic (exact) mass is 289 g/mol. The van der Waals surface area contributed by atoms with Gasteiger partial charge in [0.15, 0.2) is 0 Å². The number of rotatable bonds is 3. The van der Waals surface area contributed by atoms with Crippen molar-refractivity contribution in [1.29, 1.82) is 0 Å². The Morgan fingerprint density at radius 2 is 2.33 bits per heavy atom. The summed E-state index contributed by atoms with van der Waals surface area (Å²) in [6, 6.07) is 0. The molecule has 82 valence electrons. The minimum absolute atomic E-state index is 0.285. The topological polar surface area (TPSA) is 39.2 Å². The lowest BCUT2D eigenvalue weighted by molar-refractivity contribution is 0.0605. The van der Waals surface area contributed by atoms with Gasteiger partial charge in [0.1, 0.15) is 9.88 Å². The Morgan fingerprint density at radius 3 is 2.87 bits per heavy atom. The summed E-state index contributed by atoms with van der Waals surface area (Å²) in [5.41, 5.74) is 0.770. The fourth-order valence-electron chi connectivity index (χ4n) is 1.41. The van der Waals surface area contributed by atoms with Crippen LogP contribution >= 0.6 is 27.3 Å². The average molecular weight is 290 g/mol. The molecule has 1 aliphatic carbocycles. The molecular weight excluding hydrogens is 278 g/mol. The van der Waals surface area contributed by atoms with Crippen molar-refractivity contribution in [3.05, 3.63) is 15.6 Å². The fraction of sp³-hybridized carbons (Fsp3) is 0.600. The van der Waals surface area contributed by atoms with Crippen LogP contribution in [0.4, 0.5) is 0 Å². The summed E-state index contributed by atoms with van der Waals surface area (Å²) in [6.07, 6.45) is 2.50. The lowest BCUT2D eigenvalue weighted by Gasteiger charge is -2.01. The summed E-state index contributed by atoms with van der Waals surface area (Å²) < 4.78 is 4.70. The number of carbonyl (C=O) groups excluding carboxylic acids is 1. The van der Waals surface area contributed by atoms with Gasteiger partial charge in [-0.15, -0.1) is 11.3 Å². The van der Waals surface area contributed by atoms with Crippen molar-refractivity contribution in [2.75, 3.05) is 7.11 Å². The predicted octanol–water partition coefficient (Wildman–Crippen LogP) is 3.08. The lowest BCUT2D eigenvalue weighted by Crippen LogP contribution is -1.99. The standard InChI is InChI=1S/C10H12BrNO2S/c1-5-8(10(13)14-2)15-9(12-5)7(11)6-3-4-6/h6-7H,3-4H2,1-2H3. The van der Waals surface area contributed by atoms with Gasteiger partial charge in [-0.25, -0.2) is 9.78 Å². The van der Waals surface area contributed by atoms with E-state index in [1.165, 1.54) is 31.3 Å². The predicted molar refractivity (Wildman–Crippen MR) is 62.6 cm³/mol. The number of ether oxygens (including phenoxy) is 1. The van der Waals surface area contributed by atoms with E-state index in [0.29, 0.717) is 15.6 Å². The summed E-state index contributed by atoms with van der Waals surface area (Å²) in [4.78, 5) is 16.7. The minimum atomic E-state index is -0.285. The van der Waals surface area contributed by atoms with Gasteiger partial charge in [-0.2, -0.15) is 0 Å². The van der Waals surface area contributed by atoms with Crippen molar-refractivity contribution in [2.24, 2.45) is 5.92 Å². The van der Waals surface area contributed by atoms with E-state index in [2.05, 4.69) is 20.9 Å². The zero-order valence-corrected chi connectivity index (χ0v) is 11.0. The summed E-state index contributed by atoms with van der Waals surface area (Å²) in [5.74, 6) is 0.410. The normalized spacial score (nSPS) is 17.5. The third-order valence-electron chi connectivity index (χ3n) is 2.46. The maximum absolute atomic E-state index is 11.4. The second-order valence-electron chi connectivity index (χ2n) is 3.70. The quantitative estimate of drug-likeness (QED) is 0.634. The smallest absolute Gasteiger partial charge is 0.349 e. The molecule has 15 heavy (non-hydrogen) atoms. The van der Waals surface area contributed by atoms with Crippen molar-refractivity contribution in [1.82, 2.24) is 4.98 Å². The van der Waals surface area contributed by atoms with Crippen molar-refractivity contribution in [3.8, 4) is 0 Å². The highest BCUT2D eigenvalue weighted by atomic mass is 79.9. The Kier molecular flexibility index (Phi) is 3.11. The highest BCUT2D eigenvalue weighted by Gasteiger charge is 2.33. The Hall–Kier alpha value is -0.420. The lowest BCUT2D eigenvalue weighted by atomic mass is 10.3. The molecule has 0 amide bonds. The van der Waals surface area contributed by atoms with Crippen molar-refractivity contribution in [2.45, 2.75) is 24.6 Å². The zero-order chi connectivity index (χ0) is 11.0. The molecule has 1 fully saturated rings. The molecule has 1 saturated carbocycles. The maximum atomic E-state index is 11.4. The molecule has 1 aromatic rings. The van der Waals surface area contributed by atoms with Crippen LogP contribution in [0.5, 0.6) is 0 Å². The third kappa shape index (κ3) is 2.23. The molecular formula is C10H12BrNO2S. The average Bonchev–Trinajstić information content (AvgIpc) is 3.00. The molecule has 0 aromatic carbocycles. The van der Waals surface area contributed by atoms with E-state index in [4.69, 9.17) is 4.74 Å². The van der Waals surface area contributed by atoms with Gasteiger partial charge in [0.25, 0.3) is 0 Å². The number of carbonyl (C=O) groups is 1. The van der Waals surface area contributed by atoms with E-state index in [1.54, 1.807) is 0 Å². The highest BCUT2D eigenvalue weighted by molar-refractivity contribution is 9.09. The van der Waals surface area contributed by atoms with E-state index in [1.807, 2.05) is 6.92 Å². The second-order valence-corrected chi connectivity index (χ2v) is 5.71. The first-order chi connectivity index (χ1) is 7.13. The first-order valence-corrected chi connectivity index (χ1v) is 6.56. The van der Waals surface area contributed by atoms with Gasteiger partial charge in [-0.3, -0.25) is 0 Å². The molecule has 1 aromatic heterocycles. The van der Waals surface area contributed by atoms with E-state index in [0.717, 1.165) is 10.7 Å². The first-order valence-electron chi connectivity index (χ1n) is 4.83. The largest absolute Gasteiger partial charge is 0.465 e. The number of esters is 1. The van der Waals surface area contributed by atoms with Crippen LogP contribution in [0.1, 0.15) is 38.0 Å². The Morgan fingerprint density at radius 1 is 1.67 bits per heavy atom. The van der Waals surface area contributed by atoms with Crippen LogP contribution in [0.15, 0.2) is 0 Å². The van der Waals surface area contributed by atoms with Gasteiger partial charge in [0.05, 0.1) is 17.6 Å². The number of nitrogens with zero attached hydrogens (tertiary/aromatic N) is 1. The molecule has 0 saturated heterocycles. The van der Waals surface area contributed by atoms with Gasteiger partial charge in [0.2, 0.25) is 0 Å². The van der Waals surface area contributed by atoms with Crippen LogP contribution in [-0.4, -0.2) is 18.1 Å². The number of halogens is 1. The van der Waals surface area contributed by atoms with E-state index in [-0.39, 0.29) is 5.97 Å². The number of methoxy groups -OCH3 is 1.